The standard InChI is InChI=1S/C20H17N3O4S/c1-11-12(2)28-19(17(11)20(26)27-3)22-16(24)10-23-9-13(8-21)18(25)14-6-4-5-7-15(14)23/h4-7,9H,10H2,1-3H3,(H,22,24). The lowest BCUT2D eigenvalue weighted by Crippen LogP contribution is -2.22. The molecule has 0 unspecified atom stereocenters. The summed E-state index contributed by atoms with van der Waals surface area (Å²) in [5.41, 5.74) is 1.23. The zero-order valence-corrected chi connectivity index (χ0v) is 16.3. The first kappa shape index (κ1) is 19.3. The molecule has 142 valence electrons. The quantitative estimate of drug-likeness (QED) is 0.685. The van der Waals surface area contributed by atoms with Crippen LogP contribution in [0, 0.1) is 25.2 Å². The van der Waals surface area contributed by atoms with Crippen molar-refractivity contribution in [2.75, 3.05) is 12.4 Å². The van der Waals surface area contributed by atoms with Crippen molar-refractivity contribution in [1.29, 1.82) is 5.26 Å². The number of pyridine rings is 1. The number of aromatic nitrogens is 1. The molecule has 1 amide bonds. The van der Waals surface area contributed by atoms with Gasteiger partial charge in [-0.2, -0.15) is 5.26 Å². The molecule has 0 aliphatic carbocycles. The van der Waals surface area contributed by atoms with Gasteiger partial charge in [-0.1, -0.05) is 12.1 Å². The first-order valence-corrected chi connectivity index (χ1v) is 9.19. The highest BCUT2D eigenvalue weighted by Crippen LogP contribution is 2.33. The smallest absolute Gasteiger partial charge is 0.341 e. The SMILES string of the molecule is COC(=O)c1c(NC(=O)Cn2cc(C#N)c(=O)c3ccccc32)sc(C)c1C. The van der Waals surface area contributed by atoms with Crippen LogP contribution in [0.2, 0.25) is 0 Å². The van der Waals surface area contributed by atoms with E-state index in [1.165, 1.54) is 24.6 Å². The van der Waals surface area contributed by atoms with E-state index in [9.17, 15) is 19.6 Å². The first-order valence-electron chi connectivity index (χ1n) is 8.37. The second-order valence-corrected chi connectivity index (χ2v) is 7.38. The van der Waals surface area contributed by atoms with Crippen LogP contribution in [0.5, 0.6) is 0 Å². The van der Waals surface area contributed by atoms with Crippen molar-refractivity contribution >= 4 is 39.1 Å². The van der Waals surface area contributed by atoms with E-state index in [-0.39, 0.29) is 23.4 Å². The van der Waals surface area contributed by atoms with Crippen LogP contribution in [0.3, 0.4) is 0 Å². The number of thiophene rings is 1. The van der Waals surface area contributed by atoms with E-state index in [1.807, 2.05) is 13.0 Å². The topological polar surface area (TPSA) is 101 Å². The van der Waals surface area contributed by atoms with Crippen molar-refractivity contribution in [3.05, 3.63) is 62.3 Å². The Labute approximate surface area is 164 Å². The number of ether oxygens (including phenoxy) is 1. The summed E-state index contributed by atoms with van der Waals surface area (Å²) in [6, 6.07) is 8.66. The van der Waals surface area contributed by atoms with Crippen molar-refractivity contribution in [3.63, 3.8) is 0 Å². The molecule has 0 saturated heterocycles. The van der Waals surface area contributed by atoms with Crippen LogP contribution in [0.15, 0.2) is 35.3 Å². The maximum atomic E-state index is 12.7. The summed E-state index contributed by atoms with van der Waals surface area (Å²) in [5.74, 6) is -0.901. The van der Waals surface area contributed by atoms with Crippen molar-refractivity contribution in [2.45, 2.75) is 20.4 Å². The molecule has 1 N–H and O–H groups in total. The van der Waals surface area contributed by atoms with Crippen molar-refractivity contribution in [2.24, 2.45) is 0 Å². The van der Waals surface area contributed by atoms with Crippen molar-refractivity contribution in [1.82, 2.24) is 4.57 Å². The minimum absolute atomic E-state index is 0.0374. The van der Waals surface area contributed by atoms with E-state index in [0.29, 0.717) is 21.5 Å². The fraction of sp³-hybridized carbons (Fsp3) is 0.200. The van der Waals surface area contributed by atoms with Gasteiger partial charge in [0.2, 0.25) is 11.3 Å². The first-order chi connectivity index (χ1) is 13.4. The summed E-state index contributed by atoms with van der Waals surface area (Å²) in [7, 11) is 1.29. The number of esters is 1. The van der Waals surface area contributed by atoms with Crippen LogP contribution >= 0.6 is 11.3 Å². The predicted molar refractivity (Wildman–Crippen MR) is 107 cm³/mol. The number of carbonyl (C=O) groups is 2. The number of rotatable bonds is 4. The number of amides is 1. The van der Waals surface area contributed by atoms with E-state index in [1.54, 1.807) is 35.8 Å². The van der Waals surface area contributed by atoms with Gasteiger partial charge in [0, 0.05) is 16.5 Å². The number of nitriles is 1. The summed E-state index contributed by atoms with van der Waals surface area (Å²) < 4.78 is 6.36. The lowest BCUT2D eigenvalue weighted by molar-refractivity contribution is -0.116. The summed E-state index contributed by atoms with van der Waals surface area (Å²) in [4.78, 5) is 37.9. The Hall–Kier alpha value is -3.44. The molecule has 0 aliphatic rings. The van der Waals surface area contributed by atoms with Crippen LogP contribution < -0.4 is 10.7 Å². The molecular weight excluding hydrogens is 378 g/mol. The second kappa shape index (κ2) is 7.66. The highest BCUT2D eigenvalue weighted by atomic mass is 32.1. The monoisotopic (exact) mass is 395 g/mol. The normalized spacial score (nSPS) is 10.5. The molecule has 3 aromatic rings. The molecule has 8 heteroatoms. The molecule has 1 aromatic carbocycles. The molecule has 0 fully saturated rings. The van der Waals surface area contributed by atoms with Crippen molar-refractivity contribution in [3.8, 4) is 6.07 Å². The molecule has 7 nitrogen and oxygen atoms in total. The Morgan fingerprint density at radius 3 is 2.68 bits per heavy atom. The minimum Gasteiger partial charge on any atom is -0.465 e. The number of nitrogens with zero attached hydrogens (tertiary/aromatic N) is 2. The average Bonchev–Trinajstić information content (AvgIpc) is 2.96. The fourth-order valence-corrected chi connectivity index (χ4v) is 4.00. The van der Waals surface area contributed by atoms with Gasteiger partial charge in [-0.05, 0) is 31.5 Å². The highest BCUT2D eigenvalue weighted by Gasteiger charge is 2.22. The Bertz CT molecular complexity index is 1200. The molecule has 0 aliphatic heterocycles. The largest absolute Gasteiger partial charge is 0.465 e. The zero-order chi connectivity index (χ0) is 20.4. The molecule has 0 bridgehead atoms. The van der Waals surface area contributed by atoms with E-state index in [2.05, 4.69) is 5.32 Å². The molecule has 2 aromatic heterocycles. The van der Waals surface area contributed by atoms with E-state index < -0.39 is 5.97 Å². The summed E-state index contributed by atoms with van der Waals surface area (Å²) in [6.07, 6.45) is 1.37. The number of hydrogen-bond donors (Lipinski definition) is 1. The Morgan fingerprint density at radius 1 is 1.29 bits per heavy atom. The molecule has 0 atom stereocenters. The molecule has 0 radical (unpaired) electrons. The van der Waals surface area contributed by atoms with Gasteiger partial charge >= 0.3 is 5.97 Å². The number of hydrogen-bond acceptors (Lipinski definition) is 6. The van der Waals surface area contributed by atoms with Gasteiger partial charge in [-0.15, -0.1) is 11.3 Å². The van der Waals surface area contributed by atoms with Gasteiger partial charge in [0.15, 0.2) is 0 Å². The van der Waals surface area contributed by atoms with Gasteiger partial charge in [0.05, 0.1) is 18.2 Å². The summed E-state index contributed by atoms with van der Waals surface area (Å²) in [5, 5.41) is 12.7. The number of para-hydroxylation sites is 1. The Morgan fingerprint density at radius 2 is 2.00 bits per heavy atom. The number of benzene rings is 1. The van der Waals surface area contributed by atoms with Gasteiger partial charge in [0.1, 0.15) is 23.2 Å². The van der Waals surface area contributed by atoms with Gasteiger partial charge < -0.3 is 14.6 Å². The number of carbonyl (C=O) groups excluding carboxylic acids is 2. The van der Waals surface area contributed by atoms with Crippen LogP contribution in [-0.4, -0.2) is 23.6 Å². The molecular formula is C20H17N3O4S. The molecule has 28 heavy (non-hydrogen) atoms. The van der Waals surface area contributed by atoms with E-state index in [4.69, 9.17) is 4.74 Å². The maximum absolute atomic E-state index is 12.7. The third kappa shape index (κ3) is 3.40. The highest BCUT2D eigenvalue weighted by molar-refractivity contribution is 7.16. The summed E-state index contributed by atoms with van der Waals surface area (Å²) in [6.45, 7) is 3.53. The number of methoxy groups -OCH3 is 1. The lowest BCUT2D eigenvalue weighted by atomic mass is 10.1. The lowest BCUT2D eigenvalue weighted by Gasteiger charge is -2.12. The van der Waals surface area contributed by atoms with Crippen molar-refractivity contribution < 1.29 is 14.3 Å². The van der Waals surface area contributed by atoms with Crippen LogP contribution in [-0.2, 0) is 16.1 Å². The van der Waals surface area contributed by atoms with Crippen LogP contribution in [0.4, 0.5) is 5.00 Å². The third-order valence-corrected chi connectivity index (χ3v) is 5.57. The van der Waals surface area contributed by atoms with E-state index in [0.717, 1.165) is 10.4 Å². The van der Waals surface area contributed by atoms with Gasteiger partial charge in [0.25, 0.3) is 0 Å². The molecule has 0 saturated carbocycles. The average molecular weight is 395 g/mol. The number of anilines is 1. The molecule has 3 rings (SSSR count). The Kier molecular flexibility index (Phi) is 5.29. The number of nitrogens with one attached hydrogen (secondary N) is 1. The second-order valence-electron chi connectivity index (χ2n) is 6.16. The van der Waals surface area contributed by atoms with Gasteiger partial charge in [-0.25, -0.2) is 4.79 Å². The minimum atomic E-state index is -0.516. The predicted octanol–water partition coefficient (Wildman–Crippen LogP) is 2.98. The van der Waals surface area contributed by atoms with E-state index >= 15 is 0 Å². The zero-order valence-electron chi connectivity index (χ0n) is 15.5. The van der Waals surface area contributed by atoms with Gasteiger partial charge in [-0.3, -0.25) is 9.59 Å². The number of fused-ring (bicyclic) bond motifs is 1. The summed E-state index contributed by atoms with van der Waals surface area (Å²) >= 11 is 1.29. The van der Waals surface area contributed by atoms with Crippen LogP contribution in [0.25, 0.3) is 10.9 Å². The maximum Gasteiger partial charge on any atom is 0.341 e. The fourth-order valence-electron chi connectivity index (χ4n) is 2.94. The third-order valence-electron chi connectivity index (χ3n) is 4.45. The van der Waals surface area contributed by atoms with Crippen LogP contribution in [0.1, 0.15) is 26.4 Å². The number of aryl methyl sites for hydroxylation is 1. The molecule has 0 spiro atoms. The Balaban J connectivity index is 1.97. The molecule has 2 heterocycles.